The molecule has 0 saturated heterocycles. The van der Waals surface area contributed by atoms with Gasteiger partial charge in [0.05, 0.1) is 0 Å². The Morgan fingerprint density at radius 1 is 1.45 bits per heavy atom. The molecule has 0 amide bonds. The molecule has 0 aromatic rings. The fraction of sp³-hybridized carbons (Fsp3) is 1.00. The molecule has 2 heteroatoms. The van der Waals surface area contributed by atoms with Crippen molar-refractivity contribution in [1.29, 1.82) is 0 Å². The smallest absolute Gasteiger partial charge is 0.00880 e. The number of rotatable bonds is 5. The largest absolute Gasteiger partial charge is 0.165 e. The molecule has 0 nitrogen and oxygen atoms in total. The number of thioether (sulfide) groups is 1. The van der Waals surface area contributed by atoms with Crippen molar-refractivity contribution in [3.8, 4) is 0 Å². The lowest BCUT2D eigenvalue weighted by Crippen LogP contribution is -2.25. The van der Waals surface area contributed by atoms with E-state index in [4.69, 9.17) is 0 Å². The summed E-state index contributed by atoms with van der Waals surface area (Å²) in [6, 6.07) is 0. The predicted molar refractivity (Wildman–Crippen MR) is 59.7 cm³/mol. The van der Waals surface area contributed by atoms with Crippen molar-refractivity contribution in [1.82, 2.24) is 0 Å². The summed E-state index contributed by atoms with van der Waals surface area (Å²) in [5.41, 5.74) is 0.489. The van der Waals surface area contributed by atoms with Crippen LogP contribution in [0.3, 0.4) is 0 Å². The molecule has 1 unspecified atom stereocenters. The lowest BCUT2D eigenvalue weighted by Gasteiger charge is -2.31. The number of hydrogen-bond acceptors (Lipinski definition) is 1. The van der Waals surface area contributed by atoms with Crippen LogP contribution in [0.5, 0.6) is 0 Å². The van der Waals surface area contributed by atoms with Gasteiger partial charge in [0.1, 0.15) is 0 Å². The summed E-state index contributed by atoms with van der Waals surface area (Å²) in [6.45, 7) is 6.98. The molecule has 11 heavy (non-hydrogen) atoms. The minimum Gasteiger partial charge on any atom is -0.165 e. The zero-order valence-corrected chi connectivity index (χ0v) is 10.4. The van der Waals surface area contributed by atoms with Gasteiger partial charge in [-0.3, -0.25) is 0 Å². The Kier molecular flexibility index (Phi) is 5.88. The lowest BCUT2D eigenvalue weighted by molar-refractivity contribution is 0.252. The van der Waals surface area contributed by atoms with Crippen molar-refractivity contribution in [2.45, 2.75) is 27.2 Å². The van der Waals surface area contributed by atoms with E-state index in [9.17, 15) is 0 Å². The molecule has 0 heterocycles. The zero-order chi connectivity index (χ0) is 8.91. The number of halogens is 1. The van der Waals surface area contributed by atoms with Gasteiger partial charge in [-0.1, -0.05) is 36.7 Å². The van der Waals surface area contributed by atoms with Crippen LogP contribution in [0.4, 0.5) is 0 Å². The van der Waals surface area contributed by atoms with Gasteiger partial charge in [0.25, 0.3) is 0 Å². The molecule has 0 spiro atoms. The van der Waals surface area contributed by atoms with Crippen LogP contribution in [-0.4, -0.2) is 17.3 Å². The van der Waals surface area contributed by atoms with E-state index in [1.165, 1.54) is 12.2 Å². The molecule has 0 aromatic heterocycles. The Morgan fingerprint density at radius 2 is 2.00 bits per heavy atom. The van der Waals surface area contributed by atoms with Crippen LogP contribution in [0.1, 0.15) is 27.2 Å². The molecule has 0 aliphatic rings. The molecule has 0 radical (unpaired) electrons. The maximum absolute atomic E-state index is 3.59. The van der Waals surface area contributed by atoms with E-state index in [-0.39, 0.29) is 0 Å². The zero-order valence-electron chi connectivity index (χ0n) is 7.98. The Balaban J connectivity index is 3.88. The molecule has 0 saturated carbocycles. The maximum Gasteiger partial charge on any atom is 0.00880 e. The summed E-state index contributed by atoms with van der Waals surface area (Å²) >= 11 is 5.53. The van der Waals surface area contributed by atoms with Gasteiger partial charge in [-0.05, 0) is 29.8 Å². The summed E-state index contributed by atoms with van der Waals surface area (Å²) in [5.74, 6) is 2.05. The fourth-order valence-electron chi connectivity index (χ4n) is 0.845. The Hall–Kier alpha value is 0.830. The van der Waals surface area contributed by atoms with Crippen LogP contribution < -0.4 is 0 Å². The third-order valence-electron chi connectivity index (χ3n) is 2.58. The standard InChI is InChI=1S/C9H19BrS/c1-8(2)9(3,7-10)5-6-11-4/h8H,5-7H2,1-4H3. The molecular weight excluding hydrogens is 220 g/mol. The van der Waals surface area contributed by atoms with Crippen molar-refractivity contribution in [3.63, 3.8) is 0 Å². The second-order valence-electron chi connectivity index (χ2n) is 3.69. The molecule has 0 aromatic carbocycles. The summed E-state index contributed by atoms with van der Waals surface area (Å²) in [7, 11) is 0. The third kappa shape index (κ3) is 3.84. The van der Waals surface area contributed by atoms with Gasteiger partial charge in [-0.25, -0.2) is 0 Å². The molecule has 1 atom stereocenters. The van der Waals surface area contributed by atoms with E-state index < -0.39 is 0 Å². The molecule has 0 bridgehead atoms. The predicted octanol–water partition coefficient (Wildman–Crippen LogP) is 3.80. The highest BCUT2D eigenvalue weighted by Gasteiger charge is 2.25. The first-order valence-electron chi connectivity index (χ1n) is 4.11. The van der Waals surface area contributed by atoms with Gasteiger partial charge in [0.2, 0.25) is 0 Å². The Morgan fingerprint density at radius 3 is 2.27 bits per heavy atom. The van der Waals surface area contributed by atoms with E-state index in [1.807, 2.05) is 11.8 Å². The Bertz CT molecular complexity index is 104. The maximum atomic E-state index is 3.59. The SMILES string of the molecule is CSCCC(C)(CBr)C(C)C. The summed E-state index contributed by atoms with van der Waals surface area (Å²) < 4.78 is 0. The summed E-state index contributed by atoms with van der Waals surface area (Å²) in [4.78, 5) is 0. The van der Waals surface area contributed by atoms with Crippen LogP contribution in [0.15, 0.2) is 0 Å². The fourth-order valence-corrected chi connectivity index (χ4v) is 2.44. The van der Waals surface area contributed by atoms with Crippen LogP contribution in [0, 0.1) is 11.3 Å². The number of alkyl halides is 1. The van der Waals surface area contributed by atoms with Crippen LogP contribution >= 0.6 is 27.7 Å². The molecule has 0 N–H and O–H groups in total. The summed E-state index contributed by atoms with van der Waals surface area (Å²) in [5, 5.41) is 1.12. The van der Waals surface area contributed by atoms with Gasteiger partial charge in [-0.2, -0.15) is 11.8 Å². The topological polar surface area (TPSA) is 0 Å². The van der Waals surface area contributed by atoms with Gasteiger partial charge in [0.15, 0.2) is 0 Å². The van der Waals surface area contributed by atoms with Gasteiger partial charge < -0.3 is 0 Å². The second kappa shape index (κ2) is 5.47. The van der Waals surface area contributed by atoms with Crippen molar-refractivity contribution >= 4 is 27.7 Å². The van der Waals surface area contributed by atoms with E-state index in [2.05, 4.69) is 43.0 Å². The van der Waals surface area contributed by atoms with E-state index in [1.54, 1.807) is 0 Å². The third-order valence-corrected chi connectivity index (χ3v) is 4.47. The normalized spacial score (nSPS) is 16.9. The minimum atomic E-state index is 0.489. The molecule has 0 rings (SSSR count). The van der Waals surface area contributed by atoms with Crippen LogP contribution in [0.2, 0.25) is 0 Å². The van der Waals surface area contributed by atoms with Crippen molar-refractivity contribution < 1.29 is 0 Å². The van der Waals surface area contributed by atoms with Crippen LogP contribution in [-0.2, 0) is 0 Å². The number of hydrogen-bond donors (Lipinski definition) is 0. The highest BCUT2D eigenvalue weighted by atomic mass is 79.9. The van der Waals surface area contributed by atoms with Crippen molar-refractivity contribution in [2.24, 2.45) is 11.3 Å². The van der Waals surface area contributed by atoms with Crippen molar-refractivity contribution in [2.75, 3.05) is 17.3 Å². The van der Waals surface area contributed by atoms with Gasteiger partial charge in [-0.15, -0.1) is 0 Å². The quantitative estimate of drug-likeness (QED) is 0.657. The lowest BCUT2D eigenvalue weighted by atomic mass is 9.79. The van der Waals surface area contributed by atoms with Crippen LogP contribution in [0.25, 0.3) is 0 Å². The van der Waals surface area contributed by atoms with Gasteiger partial charge >= 0.3 is 0 Å². The molecule has 0 aliphatic carbocycles. The molecule has 0 aliphatic heterocycles. The highest BCUT2D eigenvalue weighted by Crippen LogP contribution is 2.33. The molecular formula is C9H19BrS. The Labute approximate surface area is 83.6 Å². The second-order valence-corrected chi connectivity index (χ2v) is 5.23. The first kappa shape index (κ1) is 11.8. The molecule has 68 valence electrons. The highest BCUT2D eigenvalue weighted by molar-refractivity contribution is 9.09. The summed E-state index contributed by atoms with van der Waals surface area (Å²) in [6.07, 6.45) is 3.49. The average Bonchev–Trinajstić information content (AvgIpc) is 2.00. The van der Waals surface area contributed by atoms with Gasteiger partial charge in [0, 0.05) is 5.33 Å². The first-order chi connectivity index (χ1) is 5.06. The monoisotopic (exact) mass is 238 g/mol. The molecule has 0 fully saturated rings. The first-order valence-corrected chi connectivity index (χ1v) is 6.63. The van der Waals surface area contributed by atoms with E-state index in [0.29, 0.717) is 5.41 Å². The minimum absolute atomic E-state index is 0.489. The van der Waals surface area contributed by atoms with E-state index >= 15 is 0 Å². The van der Waals surface area contributed by atoms with E-state index in [0.717, 1.165) is 11.2 Å². The van der Waals surface area contributed by atoms with Crippen molar-refractivity contribution in [3.05, 3.63) is 0 Å². The average molecular weight is 239 g/mol.